The van der Waals surface area contributed by atoms with Gasteiger partial charge < -0.3 is 9.47 Å². The lowest BCUT2D eigenvalue weighted by Gasteiger charge is -2.35. The van der Waals surface area contributed by atoms with Crippen LogP contribution in [0.4, 0.5) is 4.79 Å². The molecule has 2 aromatic rings. The lowest BCUT2D eigenvalue weighted by molar-refractivity contribution is 0.00423. The molecule has 8 heteroatoms. The van der Waals surface area contributed by atoms with E-state index in [-0.39, 0.29) is 18.2 Å². The Hall–Kier alpha value is -2.12. The minimum atomic E-state index is -0.534. The zero-order chi connectivity index (χ0) is 22.2. The summed E-state index contributed by atoms with van der Waals surface area (Å²) in [7, 11) is 0. The summed E-state index contributed by atoms with van der Waals surface area (Å²) in [5, 5.41) is 5.23. The number of carbonyl (C=O) groups is 1. The Morgan fingerprint density at radius 2 is 2.06 bits per heavy atom. The zero-order valence-electron chi connectivity index (χ0n) is 18.5. The number of amides is 1. The van der Waals surface area contributed by atoms with E-state index in [9.17, 15) is 4.79 Å². The van der Waals surface area contributed by atoms with E-state index in [1.165, 1.54) is 0 Å². The van der Waals surface area contributed by atoms with Crippen molar-refractivity contribution in [3.8, 4) is 0 Å². The van der Waals surface area contributed by atoms with Gasteiger partial charge in [-0.25, -0.2) is 14.3 Å². The van der Waals surface area contributed by atoms with Gasteiger partial charge in [0.05, 0.1) is 24.4 Å². The van der Waals surface area contributed by atoms with Crippen molar-refractivity contribution in [3.05, 3.63) is 41.3 Å². The van der Waals surface area contributed by atoms with Gasteiger partial charge in [0, 0.05) is 24.2 Å². The molecular formula is C23H31ClN4O3. The van der Waals surface area contributed by atoms with Gasteiger partial charge in [-0.05, 0) is 58.9 Å². The van der Waals surface area contributed by atoms with E-state index >= 15 is 0 Å². The van der Waals surface area contributed by atoms with Crippen molar-refractivity contribution in [1.29, 1.82) is 0 Å². The third-order valence-electron chi connectivity index (χ3n) is 5.86. The van der Waals surface area contributed by atoms with Crippen LogP contribution in [-0.4, -0.2) is 50.4 Å². The summed E-state index contributed by atoms with van der Waals surface area (Å²) in [6.45, 7) is 10.6. The topological polar surface area (TPSA) is 69.0 Å². The number of halogens is 1. The molecule has 2 fully saturated rings. The fourth-order valence-corrected chi connectivity index (χ4v) is 4.51. The van der Waals surface area contributed by atoms with Gasteiger partial charge in [0.15, 0.2) is 5.65 Å². The Kier molecular flexibility index (Phi) is 6.26. The van der Waals surface area contributed by atoms with Crippen molar-refractivity contribution in [2.24, 2.45) is 0 Å². The molecule has 3 heterocycles. The van der Waals surface area contributed by atoms with E-state index in [1.54, 1.807) is 15.5 Å². The number of nitrogens with zero attached hydrogens (tertiary/aromatic N) is 4. The summed E-state index contributed by atoms with van der Waals surface area (Å²) in [5.74, 6) is 0.337. The van der Waals surface area contributed by atoms with Crippen LogP contribution in [0.15, 0.2) is 24.8 Å². The van der Waals surface area contributed by atoms with E-state index in [2.05, 4.69) is 6.58 Å². The molecule has 168 valence electrons. The van der Waals surface area contributed by atoms with Crippen molar-refractivity contribution in [3.63, 3.8) is 0 Å². The summed E-state index contributed by atoms with van der Waals surface area (Å²) in [6.07, 6.45) is 6.44. The maximum atomic E-state index is 12.8. The van der Waals surface area contributed by atoms with Crippen LogP contribution < -0.4 is 0 Å². The second-order valence-corrected chi connectivity index (χ2v) is 9.83. The second kappa shape index (κ2) is 8.79. The van der Waals surface area contributed by atoms with Crippen LogP contribution in [0.5, 0.6) is 0 Å². The van der Waals surface area contributed by atoms with Crippen LogP contribution in [0, 0.1) is 0 Å². The number of hydrogen-bond acceptors (Lipinski definition) is 5. The van der Waals surface area contributed by atoms with Crippen LogP contribution in [0.1, 0.15) is 76.2 Å². The summed E-state index contributed by atoms with van der Waals surface area (Å²) in [6, 6.07) is 3.71. The molecule has 0 radical (unpaired) electrons. The number of carbonyl (C=O) groups excluding carboxylic acids is 1. The minimum Gasteiger partial charge on any atom is -0.444 e. The monoisotopic (exact) mass is 446 g/mol. The van der Waals surface area contributed by atoms with E-state index in [1.807, 2.05) is 32.9 Å². The Morgan fingerprint density at radius 1 is 1.29 bits per heavy atom. The number of likely N-dealkylation sites (tertiary alicyclic amines) is 1. The SMILES string of the molecule is C=CCOC1CC(c2cc(Cl)n3nc(C4CCCCN4C(=O)OC(C)(C)C)cc3n2)C1. The third kappa shape index (κ3) is 4.88. The second-order valence-electron chi connectivity index (χ2n) is 9.44. The number of fused-ring (bicyclic) bond motifs is 1. The van der Waals surface area contributed by atoms with Crippen LogP contribution in [-0.2, 0) is 9.47 Å². The van der Waals surface area contributed by atoms with Gasteiger partial charge in [-0.15, -0.1) is 6.58 Å². The highest BCUT2D eigenvalue weighted by molar-refractivity contribution is 6.29. The van der Waals surface area contributed by atoms with Crippen molar-refractivity contribution in [2.75, 3.05) is 13.2 Å². The maximum absolute atomic E-state index is 12.8. The van der Waals surface area contributed by atoms with E-state index < -0.39 is 5.60 Å². The first-order valence-corrected chi connectivity index (χ1v) is 11.4. The highest BCUT2D eigenvalue weighted by Gasteiger charge is 2.35. The van der Waals surface area contributed by atoms with Gasteiger partial charge in [0.25, 0.3) is 0 Å². The molecule has 2 aliphatic rings. The van der Waals surface area contributed by atoms with Crippen LogP contribution >= 0.6 is 11.6 Å². The predicted octanol–water partition coefficient (Wildman–Crippen LogP) is 5.29. The van der Waals surface area contributed by atoms with E-state index in [0.29, 0.717) is 29.9 Å². The number of aromatic nitrogens is 3. The molecule has 7 nitrogen and oxygen atoms in total. The van der Waals surface area contributed by atoms with Gasteiger partial charge in [0.1, 0.15) is 10.8 Å². The Morgan fingerprint density at radius 3 is 2.77 bits per heavy atom. The molecule has 1 aliphatic carbocycles. The molecular weight excluding hydrogens is 416 g/mol. The van der Waals surface area contributed by atoms with Gasteiger partial charge in [-0.3, -0.25) is 4.90 Å². The fourth-order valence-electron chi connectivity index (χ4n) is 4.27. The first kappa shape index (κ1) is 22.1. The van der Waals surface area contributed by atoms with Crippen molar-refractivity contribution in [1.82, 2.24) is 19.5 Å². The largest absolute Gasteiger partial charge is 0.444 e. The highest BCUT2D eigenvalue weighted by Crippen LogP contribution is 2.39. The van der Waals surface area contributed by atoms with Crippen molar-refractivity contribution >= 4 is 23.3 Å². The molecule has 0 spiro atoms. The fraction of sp³-hybridized carbons (Fsp3) is 0.609. The summed E-state index contributed by atoms with van der Waals surface area (Å²) >= 11 is 6.56. The lowest BCUT2D eigenvalue weighted by Crippen LogP contribution is -2.42. The Bertz CT molecular complexity index is 962. The Labute approximate surface area is 188 Å². The number of piperidine rings is 1. The van der Waals surface area contributed by atoms with E-state index in [4.69, 9.17) is 31.2 Å². The Balaban J connectivity index is 1.55. The minimum absolute atomic E-state index is 0.134. The van der Waals surface area contributed by atoms with Gasteiger partial charge >= 0.3 is 6.09 Å². The van der Waals surface area contributed by atoms with Gasteiger partial charge in [-0.2, -0.15) is 5.10 Å². The molecule has 0 N–H and O–H groups in total. The highest BCUT2D eigenvalue weighted by atomic mass is 35.5. The van der Waals surface area contributed by atoms with Crippen molar-refractivity contribution in [2.45, 2.75) is 76.5 Å². The molecule has 2 aromatic heterocycles. The maximum Gasteiger partial charge on any atom is 0.410 e. The molecule has 1 amide bonds. The normalized spacial score (nSPS) is 24.1. The molecule has 4 rings (SSSR count). The third-order valence-corrected chi connectivity index (χ3v) is 6.13. The molecule has 0 aromatic carbocycles. The lowest BCUT2D eigenvalue weighted by atomic mass is 9.80. The van der Waals surface area contributed by atoms with Crippen LogP contribution in [0.25, 0.3) is 5.65 Å². The van der Waals surface area contributed by atoms with Crippen molar-refractivity contribution < 1.29 is 14.3 Å². The van der Waals surface area contributed by atoms with E-state index in [0.717, 1.165) is 43.5 Å². The quantitative estimate of drug-likeness (QED) is 0.460. The van der Waals surface area contributed by atoms with Crippen LogP contribution in [0.2, 0.25) is 5.15 Å². The zero-order valence-corrected chi connectivity index (χ0v) is 19.3. The number of rotatable bonds is 5. The molecule has 0 bridgehead atoms. The average Bonchev–Trinajstić information content (AvgIpc) is 3.10. The standard InChI is InChI=1S/C23H31ClN4O3/c1-5-10-30-16-11-15(12-16)17-13-20(24)28-21(25-17)14-18(26-28)19-8-6-7-9-27(19)22(29)31-23(2,3)4/h5,13-16,19H,1,6-12H2,2-4H3. The summed E-state index contributed by atoms with van der Waals surface area (Å²) in [4.78, 5) is 19.4. The van der Waals surface area contributed by atoms with Gasteiger partial charge in [-0.1, -0.05) is 17.7 Å². The smallest absolute Gasteiger partial charge is 0.410 e. The van der Waals surface area contributed by atoms with Crippen LogP contribution in [0.3, 0.4) is 0 Å². The molecule has 1 atom stereocenters. The first-order chi connectivity index (χ1) is 14.7. The van der Waals surface area contributed by atoms with Gasteiger partial charge in [0.2, 0.25) is 0 Å². The molecule has 1 saturated heterocycles. The number of ether oxygens (including phenoxy) is 2. The summed E-state index contributed by atoms with van der Waals surface area (Å²) < 4.78 is 13.0. The molecule has 1 aliphatic heterocycles. The molecule has 1 unspecified atom stereocenters. The first-order valence-electron chi connectivity index (χ1n) is 11.0. The number of hydrogen-bond donors (Lipinski definition) is 0. The molecule has 1 saturated carbocycles. The predicted molar refractivity (Wildman–Crippen MR) is 119 cm³/mol. The summed E-state index contributed by atoms with van der Waals surface area (Å²) in [5.41, 5.74) is 1.95. The molecule has 31 heavy (non-hydrogen) atoms. The average molecular weight is 447 g/mol.